The SMILES string of the molecule is CN(CC(=O)Nc1cccc(F)c1)C(=O)c1cccc(S(=O)(=O)N(C)c2ccccc2)c1. The molecule has 2 amide bonds. The van der Waals surface area contributed by atoms with Gasteiger partial charge in [0.25, 0.3) is 15.9 Å². The molecule has 32 heavy (non-hydrogen) atoms. The van der Waals surface area contributed by atoms with Gasteiger partial charge >= 0.3 is 0 Å². The summed E-state index contributed by atoms with van der Waals surface area (Å²) in [5, 5.41) is 2.51. The molecule has 0 saturated carbocycles. The third-order valence-electron chi connectivity index (χ3n) is 4.70. The largest absolute Gasteiger partial charge is 0.332 e. The fourth-order valence-corrected chi connectivity index (χ4v) is 4.24. The first-order chi connectivity index (χ1) is 15.2. The van der Waals surface area contributed by atoms with E-state index in [4.69, 9.17) is 0 Å². The van der Waals surface area contributed by atoms with E-state index in [1.54, 1.807) is 30.3 Å². The molecule has 0 heterocycles. The maximum atomic E-state index is 13.3. The number of carbonyl (C=O) groups excluding carboxylic acids is 2. The van der Waals surface area contributed by atoms with Crippen molar-refractivity contribution in [2.24, 2.45) is 0 Å². The van der Waals surface area contributed by atoms with Gasteiger partial charge in [0.05, 0.1) is 17.1 Å². The Morgan fingerprint density at radius 1 is 0.906 bits per heavy atom. The molecule has 0 radical (unpaired) electrons. The molecule has 9 heteroatoms. The molecule has 166 valence electrons. The molecule has 0 aliphatic rings. The summed E-state index contributed by atoms with van der Waals surface area (Å²) in [5.41, 5.74) is 0.872. The fourth-order valence-electron chi connectivity index (χ4n) is 3.00. The Hall–Kier alpha value is -3.72. The van der Waals surface area contributed by atoms with E-state index in [1.165, 1.54) is 56.6 Å². The molecule has 0 aliphatic heterocycles. The van der Waals surface area contributed by atoms with Crippen molar-refractivity contribution in [1.29, 1.82) is 0 Å². The Morgan fingerprint density at radius 2 is 1.59 bits per heavy atom. The first kappa shape index (κ1) is 23.0. The monoisotopic (exact) mass is 455 g/mol. The highest BCUT2D eigenvalue weighted by Gasteiger charge is 2.23. The van der Waals surface area contributed by atoms with E-state index in [0.717, 1.165) is 15.3 Å². The van der Waals surface area contributed by atoms with Gasteiger partial charge in [-0.2, -0.15) is 0 Å². The topological polar surface area (TPSA) is 86.8 Å². The summed E-state index contributed by atoms with van der Waals surface area (Å²) < 4.78 is 40.4. The predicted molar refractivity (Wildman–Crippen MR) is 120 cm³/mol. The molecule has 3 rings (SSSR count). The summed E-state index contributed by atoms with van der Waals surface area (Å²) in [5.74, 6) is -1.54. The third kappa shape index (κ3) is 5.30. The number of anilines is 2. The minimum absolute atomic E-state index is 0.0488. The highest BCUT2D eigenvalue weighted by atomic mass is 32.2. The van der Waals surface area contributed by atoms with Gasteiger partial charge in [-0.1, -0.05) is 30.3 Å². The Kier molecular flexibility index (Phi) is 6.89. The highest BCUT2D eigenvalue weighted by molar-refractivity contribution is 7.92. The van der Waals surface area contributed by atoms with Crippen molar-refractivity contribution in [3.8, 4) is 0 Å². The number of hydrogen-bond donors (Lipinski definition) is 1. The summed E-state index contributed by atoms with van der Waals surface area (Å²) >= 11 is 0. The van der Waals surface area contributed by atoms with Crippen LogP contribution in [0.5, 0.6) is 0 Å². The third-order valence-corrected chi connectivity index (χ3v) is 6.48. The van der Waals surface area contributed by atoms with Gasteiger partial charge in [0.2, 0.25) is 5.91 Å². The molecule has 0 unspecified atom stereocenters. The molecule has 0 atom stereocenters. The minimum atomic E-state index is -3.89. The minimum Gasteiger partial charge on any atom is -0.332 e. The summed E-state index contributed by atoms with van der Waals surface area (Å²) in [6, 6.07) is 19.6. The summed E-state index contributed by atoms with van der Waals surface area (Å²) in [6.07, 6.45) is 0. The molecule has 0 fully saturated rings. The maximum Gasteiger partial charge on any atom is 0.264 e. The Balaban J connectivity index is 1.73. The normalized spacial score (nSPS) is 11.0. The Morgan fingerprint density at radius 3 is 2.28 bits per heavy atom. The van der Waals surface area contributed by atoms with Gasteiger partial charge in [-0.15, -0.1) is 0 Å². The number of likely N-dealkylation sites (N-methyl/N-ethyl adjacent to an activating group) is 1. The van der Waals surface area contributed by atoms with Gasteiger partial charge in [-0.25, -0.2) is 12.8 Å². The molecule has 3 aromatic rings. The van der Waals surface area contributed by atoms with Crippen molar-refractivity contribution in [1.82, 2.24) is 4.90 Å². The molecule has 3 aromatic carbocycles. The molecule has 0 spiro atoms. The number of rotatable bonds is 7. The molecule has 7 nitrogen and oxygen atoms in total. The van der Waals surface area contributed by atoms with Crippen LogP contribution in [0.25, 0.3) is 0 Å². The zero-order valence-corrected chi connectivity index (χ0v) is 18.3. The second-order valence-electron chi connectivity index (χ2n) is 7.06. The number of sulfonamides is 1. The number of nitrogens with zero attached hydrogens (tertiary/aromatic N) is 2. The van der Waals surface area contributed by atoms with Gasteiger partial charge in [0.1, 0.15) is 5.82 Å². The lowest BCUT2D eigenvalue weighted by Crippen LogP contribution is -2.35. The van der Waals surface area contributed by atoms with Crippen LogP contribution in [0.3, 0.4) is 0 Å². The van der Waals surface area contributed by atoms with Crippen LogP contribution in [0.2, 0.25) is 0 Å². The summed E-state index contributed by atoms with van der Waals surface area (Å²) in [4.78, 5) is 26.1. The van der Waals surface area contributed by atoms with Crippen LogP contribution in [-0.2, 0) is 14.8 Å². The van der Waals surface area contributed by atoms with E-state index in [2.05, 4.69) is 5.32 Å². The van der Waals surface area contributed by atoms with E-state index in [9.17, 15) is 22.4 Å². The van der Waals surface area contributed by atoms with Crippen molar-refractivity contribution >= 4 is 33.2 Å². The first-order valence-electron chi connectivity index (χ1n) is 9.63. The van der Waals surface area contributed by atoms with Crippen LogP contribution in [0.15, 0.2) is 83.8 Å². The quantitative estimate of drug-likeness (QED) is 0.592. The number of nitrogens with one attached hydrogen (secondary N) is 1. The van der Waals surface area contributed by atoms with Gasteiger partial charge < -0.3 is 10.2 Å². The molecule has 1 N–H and O–H groups in total. The Labute approximate surface area is 186 Å². The van der Waals surface area contributed by atoms with E-state index < -0.39 is 27.7 Å². The number of benzene rings is 3. The van der Waals surface area contributed by atoms with Gasteiger partial charge in [0.15, 0.2) is 0 Å². The second kappa shape index (κ2) is 9.61. The van der Waals surface area contributed by atoms with E-state index >= 15 is 0 Å². The molecule has 0 bridgehead atoms. The second-order valence-corrected chi connectivity index (χ2v) is 9.02. The summed E-state index contributed by atoms with van der Waals surface area (Å²) in [6.45, 7) is -0.295. The van der Waals surface area contributed by atoms with Crippen LogP contribution < -0.4 is 9.62 Å². The van der Waals surface area contributed by atoms with Crippen molar-refractivity contribution in [3.63, 3.8) is 0 Å². The van der Waals surface area contributed by atoms with Crippen molar-refractivity contribution in [2.45, 2.75) is 4.90 Å². The van der Waals surface area contributed by atoms with E-state index in [1.807, 2.05) is 0 Å². The zero-order chi connectivity index (χ0) is 23.3. The van der Waals surface area contributed by atoms with Crippen LogP contribution in [0.4, 0.5) is 15.8 Å². The lowest BCUT2D eigenvalue weighted by atomic mass is 10.2. The summed E-state index contributed by atoms with van der Waals surface area (Å²) in [7, 11) is -1.04. The number of hydrogen-bond acceptors (Lipinski definition) is 4. The standard InChI is InChI=1S/C23H22FN3O4S/c1-26(16-22(28)25-19-10-7-9-18(24)15-19)23(29)17-8-6-13-21(14-17)32(30,31)27(2)20-11-4-3-5-12-20/h3-15H,16H2,1-2H3,(H,25,28). The molecule has 0 aliphatic carbocycles. The van der Waals surface area contributed by atoms with Crippen LogP contribution in [-0.4, -0.2) is 45.8 Å². The average molecular weight is 456 g/mol. The first-order valence-corrected chi connectivity index (χ1v) is 11.1. The van der Waals surface area contributed by atoms with Crippen molar-refractivity contribution in [3.05, 3.63) is 90.2 Å². The van der Waals surface area contributed by atoms with Crippen LogP contribution >= 0.6 is 0 Å². The number of halogens is 1. The van der Waals surface area contributed by atoms with Crippen molar-refractivity contribution in [2.75, 3.05) is 30.3 Å². The average Bonchev–Trinajstić information content (AvgIpc) is 2.78. The Bertz CT molecular complexity index is 1230. The van der Waals surface area contributed by atoms with Gasteiger partial charge in [-0.05, 0) is 48.5 Å². The molecule has 0 aromatic heterocycles. The van der Waals surface area contributed by atoms with Crippen LogP contribution in [0, 0.1) is 5.82 Å². The molecular weight excluding hydrogens is 433 g/mol. The number of carbonyl (C=O) groups is 2. The van der Waals surface area contributed by atoms with Crippen LogP contribution in [0.1, 0.15) is 10.4 Å². The van der Waals surface area contributed by atoms with Gasteiger partial charge in [0, 0.05) is 25.3 Å². The smallest absolute Gasteiger partial charge is 0.264 e. The zero-order valence-electron chi connectivity index (χ0n) is 17.5. The molecule has 0 saturated heterocycles. The fraction of sp³-hybridized carbons (Fsp3) is 0.130. The number of amides is 2. The molecular formula is C23H22FN3O4S. The lowest BCUT2D eigenvalue weighted by molar-refractivity contribution is -0.116. The van der Waals surface area contributed by atoms with E-state index in [-0.39, 0.29) is 22.7 Å². The maximum absolute atomic E-state index is 13.3. The highest BCUT2D eigenvalue weighted by Crippen LogP contribution is 2.22. The van der Waals surface area contributed by atoms with Crippen molar-refractivity contribution < 1.29 is 22.4 Å². The predicted octanol–water partition coefficient (Wildman–Crippen LogP) is 3.36. The van der Waals surface area contributed by atoms with E-state index in [0.29, 0.717) is 5.69 Å². The van der Waals surface area contributed by atoms with Gasteiger partial charge in [-0.3, -0.25) is 13.9 Å². The lowest BCUT2D eigenvalue weighted by Gasteiger charge is -2.20. The number of para-hydroxylation sites is 1.